The summed E-state index contributed by atoms with van der Waals surface area (Å²) in [6, 6.07) is 7.39. The quantitative estimate of drug-likeness (QED) is 0.552. The molecule has 0 aliphatic carbocycles. The number of benzene rings is 1. The standard InChI is InChI=1S/C13H19NO/c1-2-14-10-5-3-4-7-12-8-6-9-13(15)11-12/h3-4,6,8-9,11,14-15H,2,5,7,10H2,1H3. The number of phenolic OH excluding ortho intramolecular Hbond substituents is 1. The SMILES string of the molecule is CCNCCC=CCc1cccc(O)c1. The molecule has 0 radical (unpaired) electrons. The number of hydrogen-bond acceptors (Lipinski definition) is 2. The molecule has 0 aliphatic rings. The lowest BCUT2D eigenvalue weighted by Crippen LogP contribution is -2.12. The summed E-state index contributed by atoms with van der Waals surface area (Å²) >= 11 is 0. The van der Waals surface area contributed by atoms with Crippen LogP contribution in [0.5, 0.6) is 5.75 Å². The number of rotatable bonds is 6. The van der Waals surface area contributed by atoms with Crippen LogP contribution in [0.2, 0.25) is 0 Å². The van der Waals surface area contributed by atoms with Crippen molar-refractivity contribution in [2.75, 3.05) is 13.1 Å². The number of allylic oxidation sites excluding steroid dienone is 1. The fourth-order valence-electron chi connectivity index (χ4n) is 1.38. The summed E-state index contributed by atoms with van der Waals surface area (Å²) in [5, 5.41) is 12.5. The Balaban J connectivity index is 2.24. The number of hydrogen-bond donors (Lipinski definition) is 2. The molecule has 0 fully saturated rings. The average Bonchev–Trinajstić information content (AvgIpc) is 2.23. The molecule has 15 heavy (non-hydrogen) atoms. The smallest absolute Gasteiger partial charge is 0.115 e. The van der Waals surface area contributed by atoms with Crippen molar-refractivity contribution in [3.63, 3.8) is 0 Å². The summed E-state index contributed by atoms with van der Waals surface area (Å²) in [6.45, 7) is 4.17. The van der Waals surface area contributed by atoms with Gasteiger partial charge in [-0.3, -0.25) is 0 Å². The monoisotopic (exact) mass is 205 g/mol. The fourth-order valence-corrected chi connectivity index (χ4v) is 1.38. The molecule has 1 aromatic carbocycles. The molecule has 1 rings (SSSR count). The van der Waals surface area contributed by atoms with E-state index in [4.69, 9.17) is 0 Å². The zero-order valence-corrected chi connectivity index (χ0v) is 9.24. The van der Waals surface area contributed by atoms with Gasteiger partial charge in [0, 0.05) is 0 Å². The summed E-state index contributed by atoms with van der Waals surface area (Å²) in [5.41, 5.74) is 1.15. The molecule has 2 nitrogen and oxygen atoms in total. The molecular weight excluding hydrogens is 186 g/mol. The van der Waals surface area contributed by atoms with E-state index in [9.17, 15) is 5.11 Å². The van der Waals surface area contributed by atoms with E-state index in [1.165, 1.54) is 0 Å². The van der Waals surface area contributed by atoms with Gasteiger partial charge in [0.05, 0.1) is 0 Å². The normalized spacial score (nSPS) is 11.0. The summed E-state index contributed by atoms with van der Waals surface area (Å²) in [6.07, 6.45) is 6.27. The highest BCUT2D eigenvalue weighted by atomic mass is 16.3. The highest BCUT2D eigenvalue weighted by molar-refractivity contribution is 5.28. The van der Waals surface area contributed by atoms with Crippen LogP contribution in [0.3, 0.4) is 0 Å². The fraction of sp³-hybridized carbons (Fsp3) is 0.385. The van der Waals surface area contributed by atoms with Gasteiger partial charge in [0.15, 0.2) is 0 Å². The third-order valence-corrected chi connectivity index (χ3v) is 2.17. The van der Waals surface area contributed by atoms with E-state index >= 15 is 0 Å². The molecule has 0 aliphatic heterocycles. The first kappa shape index (κ1) is 11.8. The maximum absolute atomic E-state index is 9.25. The molecule has 2 heteroatoms. The van der Waals surface area contributed by atoms with E-state index < -0.39 is 0 Å². The molecule has 1 aromatic rings. The Bertz CT molecular complexity index is 307. The topological polar surface area (TPSA) is 32.3 Å². The molecule has 0 saturated heterocycles. The molecule has 0 unspecified atom stereocenters. The van der Waals surface area contributed by atoms with Gasteiger partial charge in [0.25, 0.3) is 0 Å². The van der Waals surface area contributed by atoms with Crippen LogP contribution in [0.1, 0.15) is 18.9 Å². The molecule has 2 N–H and O–H groups in total. The molecule has 82 valence electrons. The Hall–Kier alpha value is -1.28. The summed E-state index contributed by atoms with van der Waals surface area (Å²) < 4.78 is 0. The van der Waals surface area contributed by atoms with Crippen LogP contribution in [-0.2, 0) is 6.42 Å². The molecule has 0 bridgehead atoms. The lowest BCUT2D eigenvalue weighted by Gasteiger charge is -1.98. The Kier molecular flexibility index (Phi) is 5.56. The highest BCUT2D eigenvalue weighted by Gasteiger charge is 1.90. The lowest BCUT2D eigenvalue weighted by molar-refractivity contribution is 0.474. The van der Waals surface area contributed by atoms with Crippen molar-refractivity contribution in [1.82, 2.24) is 5.32 Å². The van der Waals surface area contributed by atoms with Gasteiger partial charge in [-0.15, -0.1) is 0 Å². The lowest BCUT2D eigenvalue weighted by atomic mass is 10.1. The van der Waals surface area contributed by atoms with Gasteiger partial charge in [-0.2, -0.15) is 0 Å². The molecular formula is C13H19NO. The molecule has 0 saturated carbocycles. The summed E-state index contributed by atoms with van der Waals surface area (Å²) in [7, 11) is 0. The summed E-state index contributed by atoms with van der Waals surface area (Å²) in [4.78, 5) is 0. The predicted octanol–water partition coefficient (Wildman–Crippen LogP) is 2.49. The minimum Gasteiger partial charge on any atom is -0.508 e. The Labute approximate surface area is 91.6 Å². The number of aromatic hydroxyl groups is 1. The minimum atomic E-state index is 0.341. The number of phenols is 1. The van der Waals surface area contributed by atoms with Gasteiger partial charge in [0.1, 0.15) is 5.75 Å². The van der Waals surface area contributed by atoms with Gasteiger partial charge in [-0.1, -0.05) is 31.2 Å². The Morgan fingerprint density at radius 2 is 2.20 bits per heavy atom. The van der Waals surface area contributed by atoms with Crippen LogP contribution in [0, 0.1) is 0 Å². The third kappa shape index (κ3) is 5.23. The molecule has 0 spiro atoms. The second kappa shape index (κ2) is 7.07. The van der Waals surface area contributed by atoms with E-state index in [2.05, 4.69) is 24.4 Å². The maximum Gasteiger partial charge on any atom is 0.115 e. The van der Waals surface area contributed by atoms with Crippen molar-refractivity contribution in [3.05, 3.63) is 42.0 Å². The van der Waals surface area contributed by atoms with Crippen molar-refractivity contribution in [1.29, 1.82) is 0 Å². The van der Waals surface area contributed by atoms with Crippen molar-refractivity contribution in [3.8, 4) is 5.75 Å². The maximum atomic E-state index is 9.25. The van der Waals surface area contributed by atoms with Gasteiger partial charge in [0.2, 0.25) is 0 Å². The van der Waals surface area contributed by atoms with Crippen LogP contribution in [0.25, 0.3) is 0 Å². The van der Waals surface area contributed by atoms with Crippen molar-refractivity contribution in [2.45, 2.75) is 19.8 Å². The van der Waals surface area contributed by atoms with Crippen LogP contribution >= 0.6 is 0 Å². The van der Waals surface area contributed by atoms with E-state index in [0.29, 0.717) is 5.75 Å². The first-order chi connectivity index (χ1) is 7.33. The minimum absolute atomic E-state index is 0.341. The van der Waals surface area contributed by atoms with Gasteiger partial charge >= 0.3 is 0 Å². The molecule has 0 aromatic heterocycles. The van der Waals surface area contributed by atoms with Crippen LogP contribution in [-0.4, -0.2) is 18.2 Å². The molecule has 0 atom stereocenters. The predicted molar refractivity (Wildman–Crippen MR) is 64.1 cm³/mol. The van der Waals surface area contributed by atoms with E-state index in [1.807, 2.05) is 12.1 Å². The second-order valence-electron chi connectivity index (χ2n) is 3.49. The van der Waals surface area contributed by atoms with Gasteiger partial charge in [-0.25, -0.2) is 0 Å². The van der Waals surface area contributed by atoms with Crippen molar-refractivity contribution >= 4 is 0 Å². The van der Waals surface area contributed by atoms with E-state index in [0.717, 1.165) is 31.5 Å². The largest absolute Gasteiger partial charge is 0.508 e. The van der Waals surface area contributed by atoms with E-state index in [-0.39, 0.29) is 0 Å². The second-order valence-corrected chi connectivity index (χ2v) is 3.49. The van der Waals surface area contributed by atoms with E-state index in [1.54, 1.807) is 12.1 Å². The molecule has 0 amide bonds. The van der Waals surface area contributed by atoms with Crippen molar-refractivity contribution in [2.24, 2.45) is 0 Å². The first-order valence-corrected chi connectivity index (χ1v) is 5.46. The average molecular weight is 205 g/mol. The van der Waals surface area contributed by atoms with Crippen LogP contribution < -0.4 is 5.32 Å². The van der Waals surface area contributed by atoms with Gasteiger partial charge in [-0.05, 0) is 43.6 Å². The first-order valence-electron chi connectivity index (χ1n) is 5.46. The zero-order chi connectivity index (χ0) is 10.9. The Morgan fingerprint density at radius 1 is 1.33 bits per heavy atom. The Morgan fingerprint density at radius 3 is 2.93 bits per heavy atom. The van der Waals surface area contributed by atoms with Crippen molar-refractivity contribution < 1.29 is 5.11 Å². The number of nitrogens with one attached hydrogen (secondary N) is 1. The summed E-state index contributed by atoms with van der Waals surface area (Å²) in [5.74, 6) is 0.341. The molecule has 0 heterocycles. The van der Waals surface area contributed by atoms with Gasteiger partial charge < -0.3 is 10.4 Å². The highest BCUT2D eigenvalue weighted by Crippen LogP contribution is 2.11. The van der Waals surface area contributed by atoms with Crippen LogP contribution in [0.15, 0.2) is 36.4 Å². The zero-order valence-electron chi connectivity index (χ0n) is 9.24. The van der Waals surface area contributed by atoms with Crippen LogP contribution in [0.4, 0.5) is 0 Å². The third-order valence-electron chi connectivity index (χ3n) is 2.17.